The van der Waals surface area contributed by atoms with Crippen LogP contribution in [0.4, 0.5) is 0 Å². The molecule has 2 heterocycles. The third-order valence-electron chi connectivity index (χ3n) is 2.35. The predicted molar refractivity (Wildman–Crippen MR) is 66.5 cm³/mol. The molecule has 2 rings (SSSR count). The Hall–Kier alpha value is -1.26. The predicted octanol–water partition coefficient (Wildman–Crippen LogP) is 2.46. The van der Waals surface area contributed by atoms with Crippen LogP contribution >= 0.6 is 11.3 Å². The highest BCUT2D eigenvalue weighted by atomic mass is 32.1. The maximum Gasteiger partial charge on any atom is 0.0991 e. The molecule has 84 valence electrons. The highest BCUT2D eigenvalue weighted by molar-refractivity contribution is 7.11. The molecular weight excluding hydrogens is 218 g/mol. The number of thiazole rings is 1. The van der Waals surface area contributed by atoms with Gasteiger partial charge in [0, 0.05) is 29.2 Å². The first-order valence-electron chi connectivity index (χ1n) is 5.28. The van der Waals surface area contributed by atoms with Crippen LogP contribution in [0.2, 0.25) is 0 Å². The fourth-order valence-electron chi connectivity index (χ4n) is 1.62. The molecule has 0 saturated heterocycles. The molecular formula is C12H15N3S. The van der Waals surface area contributed by atoms with Gasteiger partial charge in [-0.2, -0.15) is 0 Å². The minimum atomic E-state index is 0.0648. The van der Waals surface area contributed by atoms with Gasteiger partial charge in [0.1, 0.15) is 0 Å². The summed E-state index contributed by atoms with van der Waals surface area (Å²) in [5.74, 6) is 0. The molecule has 1 unspecified atom stereocenters. The van der Waals surface area contributed by atoms with E-state index >= 15 is 0 Å². The number of rotatable bonds is 3. The monoisotopic (exact) mass is 233 g/mol. The van der Waals surface area contributed by atoms with Gasteiger partial charge in [0.05, 0.1) is 10.7 Å². The van der Waals surface area contributed by atoms with E-state index < -0.39 is 0 Å². The summed E-state index contributed by atoms with van der Waals surface area (Å²) in [7, 11) is 0. The Labute approximate surface area is 99.4 Å². The Kier molecular flexibility index (Phi) is 3.31. The van der Waals surface area contributed by atoms with Crippen molar-refractivity contribution in [1.29, 1.82) is 0 Å². The lowest BCUT2D eigenvalue weighted by atomic mass is 10.2. The van der Waals surface area contributed by atoms with Crippen LogP contribution in [0.3, 0.4) is 0 Å². The van der Waals surface area contributed by atoms with Crippen molar-refractivity contribution >= 4 is 11.3 Å². The second-order valence-electron chi connectivity index (χ2n) is 3.84. The number of nitrogens with two attached hydrogens (primary N) is 1. The molecule has 0 amide bonds. The highest BCUT2D eigenvalue weighted by Gasteiger charge is 2.11. The Morgan fingerprint density at radius 1 is 1.44 bits per heavy atom. The summed E-state index contributed by atoms with van der Waals surface area (Å²) in [5, 5.41) is 1.09. The molecule has 0 saturated carbocycles. The first-order valence-corrected chi connectivity index (χ1v) is 6.10. The Bertz CT molecular complexity index is 462. The SMILES string of the molecule is Cc1nc(Cc2ccccn2)sc1C(C)N. The highest BCUT2D eigenvalue weighted by Crippen LogP contribution is 2.24. The van der Waals surface area contributed by atoms with E-state index in [-0.39, 0.29) is 6.04 Å². The summed E-state index contributed by atoms with van der Waals surface area (Å²) in [6, 6.07) is 6.00. The van der Waals surface area contributed by atoms with Gasteiger partial charge in [-0.05, 0) is 26.0 Å². The molecule has 0 aromatic carbocycles. The van der Waals surface area contributed by atoms with E-state index in [1.165, 1.54) is 4.88 Å². The molecule has 0 radical (unpaired) electrons. The van der Waals surface area contributed by atoms with Gasteiger partial charge in [-0.3, -0.25) is 4.98 Å². The zero-order valence-corrected chi connectivity index (χ0v) is 10.3. The molecule has 0 bridgehead atoms. The van der Waals surface area contributed by atoms with Gasteiger partial charge >= 0.3 is 0 Å². The Morgan fingerprint density at radius 2 is 2.25 bits per heavy atom. The molecule has 2 aromatic heterocycles. The van der Waals surface area contributed by atoms with Crippen molar-refractivity contribution < 1.29 is 0 Å². The molecule has 16 heavy (non-hydrogen) atoms. The van der Waals surface area contributed by atoms with E-state index in [1.54, 1.807) is 11.3 Å². The van der Waals surface area contributed by atoms with Crippen LogP contribution < -0.4 is 5.73 Å². The molecule has 2 aromatic rings. The van der Waals surface area contributed by atoms with Crippen molar-refractivity contribution in [3.05, 3.63) is 45.7 Å². The summed E-state index contributed by atoms with van der Waals surface area (Å²) in [6.45, 7) is 4.00. The van der Waals surface area contributed by atoms with Crippen LogP contribution in [0.25, 0.3) is 0 Å². The van der Waals surface area contributed by atoms with Crippen LogP contribution in [0, 0.1) is 6.92 Å². The largest absolute Gasteiger partial charge is 0.323 e. The standard InChI is InChI=1S/C12H15N3S/c1-8(13)12-9(2)15-11(16-12)7-10-5-3-4-6-14-10/h3-6,8H,7,13H2,1-2H3. The third-order valence-corrected chi connectivity index (χ3v) is 3.71. The summed E-state index contributed by atoms with van der Waals surface area (Å²) in [6.07, 6.45) is 2.60. The van der Waals surface area contributed by atoms with Gasteiger partial charge in [0.15, 0.2) is 0 Å². The van der Waals surface area contributed by atoms with Crippen molar-refractivity contribution in [3.63, 3.8) is 0 Å². The minimum Gasteiger partial charge on any atom is -0.323 e. The molecule has 0 fully saturated rings. The summed E-state index contributed by atoms with van der Waals surface area (Å²) < 4.78 is 0. The normalized spacial score (nSPS) is 12.7. The van der Waals surface area contributed by atoms with E-state index in [4.69, 9.17) is 5.73 Å². The average Bonchev–Trinajstić information content (AvgIpc) is 2.61. The zero-order chi connectivity index (χ0) is 11.5. The molecule has 1 atom stereocenters. The third kappa shape index (κ3) is 2.46. The van der Waals surface area contributed by atoms with Crippen LogP contribution in [-0.4, -0.2) is 9.97 Å². The fraction of sp³-hybridized carbons (Fsp3) is 0.333. The zero-order valence-electron chi connectivity index (χ0n) is 9.47. The van der Waals surface area contributed by atoms with Gasteiger partial charge in [0.2, 0.25) is 0 Å². The van der Waals surface area contributed by atoms with Gasteiger partial charge in [-0.15, -0.1) is 11.3 Å². The van der Waals surface area contributed by atoms with E-state index in [9.17, 15) is 0 Å². The molecule has 2 N–H and O–H groups in total. The number of aryl methyl sites for hydroxylation is 1. The number of nitrogens with zero attached hydrogens (tertiary/aromatic N) is 2. The Morgan fingerprint density at radius 3 is 2.81 bits per heavy atom. The van der Waals surface area contributed by atoms with Gasteiger partial charge in [-0.1, -0.05) is 6.07 Å². The van der Waals surface area contributed by atoms with E-state index in [0.717, 1.165) is 22.8 Å². The van der Waals surface area contributed by atoms with Gasteiger partial charge in [0.25, 0.3) is 0 Å². The lowest BCUT2D eigenvalue weighted by molar-refractivity contribution is 0.824. The van der Waals surface area contributed by atoms with Crippen LogP contribution in [0.1, 0.15) is 34.2 Å². The fourth-order valence-corrected chi connectivity index (χ4v) is 2.66. The number of aromatic nitrogens is 2. The van der Waals surface area contributed by atoms with Crippen molar-refractivity contribution in [3.8, 4) is 0 Å². The molecule has 0 aliphatic rings. The molecule has 0 spiro atoms. The molecule has 0 aliphatic carbocycles. The van der Waals surface area contributed by atoms with E-state index in [2.05, 4.69) is 9.97 Å². The first kappa shape index (κ1) is 11.2. The van der Waals surface area contributed by atoms with Crippen molar-refractivity contribution in [2.75, 3.05) is 0 Å². The maximum atomic E-state index is 5.88. The molecule has 3 nitrogen and oxygen atoms in total. The van der Waals surface area contributed by atoms with Crippen molar-refractivity contribution in [2.45, 2.75) is 26.3 Å². The topological polar surface area (TPSA) is 51.8 Å². The van der Waals surface area contributed by atoms with E-state index in [1.807, 2.05) is 38.2 Å². The van der Waals surface area contributed by atoms with E-state index in [0.29, 0.717) is 0 Å². The van der Waals surface area contributed by atoms with Crippen molar-refractivity contribution in [2.24, 2.45) is 5.73 Å². The molecule has 0 aliphatic heterocycles. The van der Waals surface area contributed by atoms with Gasteiger partial charge < -0.3 is 5.73 Å². The summed E-state index contributed by atoms with van der Waals surface area (Å²) in [5.41, 5.74) is 7.97. The van der Waals surface area contributed by atoms with Crippen LogP contribution in [0.15, 0.2) is 24.4 Å². The molecule has 4 heteroatoms. The number of hydrogen-bond acceptors (Lipinski definition) is 4. The quantitative estimate of drug-likeness (QED) is 0.886. The Balaban J connectivity index is 2.20. The smallest absolute Gasteiger partial charge is 0.0991 e. The van der Waals surface area contributed by atoms with Crippen molar-refractivity contribution in [1.82, 2.24) is 9.97 Å². The lowest BCUT2D eigenvalue weighted by Gasteiger charge is -1.99. The van der Waals surface area contributed by atoms with Gasteiger partial charge in [-0.25, -0.2) is 4.98 Å². The minimum absolute atomic E-state index is 0.0648. The number of pyridine rings is 1. The average molecular weight is 233 g/mol. The van der Waals surface area contributed by atoms with Crippen LogP contribution in [0.5, 0.6) is 0 Å². The van der Waals surface area contributed by atoms with Crippen LogP contribution in [-0.2, 0) is 6.42 Å². The second-order valence-corrected chi connectivity index (χ2v) is 4.96. The lowest BCUT2D eigenvalue weighted by Crippen LogP contribution is -2.03. The first-order chi connectivity index (χ1) is 7.66. The second kappa shape index (κ2) is 4.72. The summed E-state index contributed by atoms with van der Waals surface area (Å²) >= 11 is 1.69. The maximum absolute atomic E-state index is 5.88. The summed E-state index contributed by atoms with van der Waals surface area (Å²) in [4.78, 5) is 9.99. The number of hydrogen-bond donors (Lipinski definition) is 1.